The molecular formula is C25H20N6O6. The van der Waals surface area contributed by atoms with Crippen LogP contribution < -0.4 is 16.4 Å². The molecule has 2 amide bonds. The SMILES string of the molecule is Cc1cc(CNC(=O)c2cc(C(=O)NCc3ccc4oc(=O)[nH]c4c3)nc3ccnn23)ccc1C(=O)O. The standard InChI is InChI=1S/C25H20N6O6/c1-13-8-14(2-4-16(13)24(34)35)11-27-23(33)19-10-18(29-21-6-7-28-31(19)21)22(32)26-12-15-3-5-20-17(9-15)30-25(36)37-20/h2-10H,11-12H2,1H3,(H,26,32)(H,27,33)(H,30,36)(H,34,35). The number of fused-ring (bicyclic) bond motifs is 2. The fourth-order valence-electron chi connectivity index (χ4n) is 3.92. The van der Waals surface area contributed by atoms with Gasteiger partial charge in [-0.25, -0.2) is 19.1 Å². The summed E-state index contributed by atoms with van der Waals surface area (Å²) in [5.74, 6) is -2.57. The van der Waals surface area contributed by atoms with Crippen molar-refractivity contribution in [3.63, 3.8) is 0 Å². The molecule has 4 N–H and O–H groups in total. The topological polar surface area (TPSA) is 172 Å². The Bertz CT molecular complexity index is 1750. The first-order chi connectivity index (χ1) is 17.8. The van der Waals surface area contributed by atoms with Gasteiger partial charge in [-0.15, -0.1) is 0 Å². The summed E-state index contributed by atoms with van der Waals surface area (Å²) < 4.78 is 6.30. The number of hydrogen-bond donors (Lipinski definition) is 4. The van der Waals surface area contributed by atoms with Gasteiger partial charge in [0.15, 0.2) is 11.2 Å². The minimum absolute atomic E-state index is 0.0256. The highest BCUT2D eigenvalue weighted by Crippen LogP contribution is 2.14. The lowest BCUT2D eigenvalue weighted by molar-refractivity contribution is 0.0695. The average Bonchev–Trinajstić information content (AvgIpc) is 3.50. The first-order valence-corrected chi connectivity index (χ1v) is 11.1. The smallest absolute Gasteiger partial charge is 0.417 e. The number of carbonyl (C=O) groups excluding carboxylic acids is 2. The average molecular weight is 500 g/mol. The van der Waals surface area contributed by atoms with Crippen molar-refractivity contribution in [2.24, 2.45) is 0 Å². The van der Waals surface area contributed by atoms with E-state index in [1.807, 2.05) is 0 Å². The maximum atomic E-state index is 13.0. The molecule has 0 saturated carbocycles. The third-order valence-electron chi connectivity index (χ3n) is 5.74. The molecule has 3 heterocycles. The van der Waals surface area contributed by atoms with Crippen LogP contribution in [-0.2, 0) is 13.1 Å². The Balaban J connectivity index is 1.32. The number of rotatable bonds is 7. The van der Waals surface area contributed by atoms with Crippen molar-refractivity contribution in [3.05, 3.63) is 98.9 Å². The third kappa shape index (κ3) is 4.80. The molecule has 12 heteroatoms. The zero-order valence-corrected chi connectivity index (χ0v) is 19.4. The number of oxazole rings is 1. The van der Waals surface area contributed by atoms with Crippen LogP contribution in [0.2, 0.25) is 0 Å². The fraction of sp³-hybridized carbons (Fsp3) is 0.120. The van der Waals surface area contributed by atoms with Gasteiger partial charge in [-0.3, -0.25) is 14.6 Å². The van der Waals surface area contributed by atoms with Crippen molar-refractivity contribution >= 4 is 34.5 Å². The number of amides is 2. The van der Waals surface area contributed by atoms with E-state index in [1.54, 1.807) is 43.3 Å². The Labute approximate surface area is 207 Å². The zero-order chi connectivity index (χ0) is 26.1. The van der Waals surface area contributed by atoms with Crippen molar-refractivity contribution in [2.45, 2.75) is 20.0 Å². The number of benzene rings is 2. The molecule has 0 saturated heterocycles. The maximum Gasteiger partial charge on any atom is 0.417 e. The molecule has 2 aromatic carbocycles. The van der Waals surface area contributed by atoms with Crippen LogP contribution in [0, 0.1) is 6.92 Å². The number of H-pyrrole nitrogens is 1. The number of aryl methyl sites for hydroxylation is 1. The highest BCUT2D eigenvalue weighted by atomic mass is 16.4. The molecule has 0 spiro atoms. The molecule has 0 unspecified atom stereocenters. The predicted octanol–water partition coefficient (Wildman–Crippen LogP) is 2.03. The van der Waals surface area contributed by atoms with E-state index in [1.165, 1.54) is 22.8 Å². The Morgan fingerprint density at radius 3 is 2.49 bits per heavy atom. The molecule has 5 aromatic rings. The second-order valence-electron chi connectivity index (χ2n) is 8.29. The predicted molar refractivity (Wildman–Crippen MR) is 130 cm³/mol. The maximum absolute atomic E-state index is 13.0. The molecular weight excluding hydrogens is 480 g/mol. The molecule has 0 fully saturated rings. The van der Waals surface area contributed by atoms with E-state index in [4.69, 9.17) is 4.42 Å². The number of carbonyl (C=O) groups is 3. The Morgan fingerprint density at radius 2 is 1.73 bits per heavy atom. The summed E-state index contributed by atoms with van der Waals surface area (Å²) in [6.07, 6.45) is 1.47. The molecule has 3 aromatic heterocycles. The number of carboxylic acids is 1. The monoisotopic (exact) mass is 500 g/mol. The summed E-state index contributed by atoms with van der Waals surface area (Å²) >= 11 is 0. The minimum atomic E-state index is -1.02. The third-order valence-corrected chi connectivity index (χ3v) is 5.74. The number of aromatic amines is 1. The Kier molecular flexibility index (Phi) is 5.97. The molecule has 5 rings (SSSR count). The van der Waals surface area contributed by atoms with Gasteiger partial charge in [-0.1, -0.05) is 18.2 Å². The fourth-order valence-corrected chi connectivity index (χ4v) is 3.92. The van der Waals surface area contributed by atoms with Crippen LogP contribution in [0.25, 0.3) is 16.7 Å². The largest absolute Gasteiger partial charge is 0.478 e. The van der Waals surface area contributed by atoms with Crippen molar-refractivity contribution in [1.82, 2.24) is 30.2 Å². The van der Waals surface area contributed by atoms with Crippen molar-refractivity contribution in [3.8, 4) is 0 Å². The summed E-state index contributed by atoms with van der Waals surface area (Å²) in [5.41, 5.74) is 3.59. The number of carboxylic acid groups (broad SMARTS) is 1. The van der Waals surface area contributed by atoms with Gasteiger partial charge in [0.05, 0.1) is 17.3 Å². The van der Waals surface area contributed by atoms with Crippen LogP contribution in [0.3, 0.4) is 0 Å². The molecule has 0 bridgehead atoms. The van der Waals surface area contributed by atoms with Crippen molar-refractivity contribution in [2.75, 3.05) is 0 Å². The van der Waals surface area contributed by atoms with Crippen LogP contribution in [0.1, 0.15) is 48.0 Å². The second kappa shape index (κ2) is 9.41. The lowest BCUT2D eigenvalue weighted by Gasteiger charge is -2.10. The first-order valence-electron chi connectivity index (χ1n) is 11.1. The van der Waals surface area contributed by atoms with E-state index >= 15 is 0 Å². The van der Waals surface area contributed by atoms with Crippen LogP contribution >= 0.6 is 0 Å². The number of aromatic nitrogens is 4. The van der Waals surface area contributed by atoms with Gasteiger partial charge >= 0.3 is 11.7 Å². The number of hydrogen-bond acceptors (Lipinski definition) is 7. The highest BCUT2D eigenvalue weighted by molar-refractivity contribution is 5.98. The normalized spacial score (nSPS) is 11.1. The lowest BCUT2D eigenvalue weighted by atomic mass is 10.1. The number of nitrogens with one attached hydrogen (secondary N) is 3. The highest BCUT2D eigenvalue weighted by Gasteiger charge is 2.18. The van der Waals surface area contributed by atoms with Crippen molar-refractivity contribution < 1.29 is 23.9 Å². The summed E-state index contributed by atoms with van der Waals surface area (Å²) in [7, 11) is 0. The van der Waals surface area contributed by atoms with Crippen LogP contribution in [-0.4, -0.2) is 42.5 Å². The first kappa shape index (κ1) is 23.5. The molecule has 0 aliphatic carbocycles. The van der Waals surface area contributed by atoms with Gasteiger partial charge in [0.2, 0.25) is 0 Å². The Morgan fingerprint density at radius 1 is 1.00 bits per heavy atom. The van der Waals surface area contributed by atoms with Gasteiger partial charge in [-0.2, -0.15) is 5.10 Å². The van der Waals surface area contributed by atoms with E-state index in [2.05, 4.69) is 25.7 Å². The zero-order valence-electron chi connectivity index (χ0n) is 19.4. The van der Waals surface area contributed by atoms with Gasteiger partial charge in [0.1, 0.15) is 11.4 Å². The van der Waals surface area contributed by atoms with Crippen molar-refractivity contribution in [1.29, 1.82) is 0 Å². The lowest BCUT2D eigenvalue weighted by Crippen LogP contribution is -2.28. The van der Waals surface area contributed by atoms with E-state index < -0.39 is 23.5 Å². The molecule has 0 atom stereocenters. The quantitative estimate of drug-likeness (QED) is 0.263. The number of aromatic carboxylic acids is 1. The van der Waals surface area contributed by atoms with E-state index in [-0.39, 0.29) is 30.0 Å². The van der Waals surface area contributed by atoms with E-state index in [0.29, 0.717) is 22.3 Å². The summed E-state index contributed by atoms with van der Waals surface area (Å²) in [6, 6.07) is 12.8. The van der Waals surface area contributed by atoms with Crippen LogP contribution in [0.15, 0.2) is 63.9 Å². The molecule has 186 valence electrons. The van der Waals surface area contributed by atoms with Crippen LogP contribution in [0.4, 0.5) is 0 Å². The molecule has 12 nitrogen and oxygen atoms in total. The Hall–Kier alpha value is -5.26. The summed E-state index contributed by atoms with van der Waals surface area (Å²) in [4.78, 5) is 55.3. The summed E-state index contributed by atoms with van der Waals surface area (Å²) in [6.45, 7) is 1.98. The van der Waals surface area contributed by atoms with Gasteiger partial charge in [0, 0.05) is 25.2 Å². The second-order valence-corrected chi connectivity index (χ2v) is 8.29. The molecule has 0 aliphatic heterocycles. The molecule has 0 aliphatic rings. The van der Waals surface area contributed by atoms with E-state index in [9.17, 15) is 24.3 Å². The summed E-state index contributed by atoms with van der Waals surface area (Å²) in [5, 5.41) is 18.8. The molecule has 0 radical (unpaired) electrons. The van der Waals surface area contributed by atoms with Crippen LogP contribution in [0.5, 0.6) is 0 Å². The van der Waals surface area contributed by atoms with E-state index in [0.717, 1.165) is 11.1 Å². The van der Waals surface area contributed by atoms with Gasteiger partial charge in [-0.05, 0) is 41.8 Å². The minimum Gasteiger partial charge on any atom is -0.478 e. The van der Waals surface area contributed by atoms with Gasteiger partial charge in [0.25, 0.3) is 11.8 Å². The molecule has 37 heavy (non-hydrogen) atoms. The van der Waals surface area contributed by atoms with Gasteiger partial charge < -0.3 is 20.2 Å². The number of nitrogens with zero attached hydrogens (tertiary/aromatic N) is 3.